The van der Waals surface area contributed by atoms with Gasteiger partial charge in [0.15, 0.2) is 3.95 Å². The Hall–Kier alpha value is -1.44. The number of allylic oxidation sites excluding steroid dienone is 2. The van der Waals surface area contributed by atoms with Gasteiger partial charge in [0.2, 0.25) is 0 Å². The van der Waals surface area contributed by atoms with Gasteiger partial charge in [-0.2, -0.15) is 0 Å². The summed E-state index contributed by atoms with van der Waals surface area (Å²) in [4.78, 5) is 5.20. The smallest absolute Gasteiger partial charge is 0.161 e. The maximum atomic E-state index is 9.04. The second-order valence-corrected chi connectivity index (χ2v) is 6.14. The second kappa shape index (κ2) is 7.37. The summed E-state index contributed by atoms with van der Waals surface area (Å²) in [5.74, 6) is 0.214. The fourth-order valence-electron chi connectivity index (χ4n) is 1.60. The van der Waals surface area contributed by atoms with Gasteiger partial charge >= 0.3 is 0 Å². The molecule has 110 valence electrons. The van der Waals surface area contributed by atoms with Gasteiger partial charge in [0.25, 0.3) is 0 Å². The Morgan fingerprint density at radius 1 is 1.55 bits per heavy atom. The van der Waals surface area contributed by atoms with Crippen molar-refractivity contribution in [3.05, 3.63) is 38.2 Å². The van der Waals surface area contributed by atoms with Crippen LogP contribution < -0.4 is 11.5 Å². The number of hydrogen-bond acceptors (Lipinski definition) is 6. The largest absolute Gasteiger partial charge is 0.396 e. The summed E-state index contributed by atoms with van der Waals surface area (Å²) in [6, 6.07) is 0. The topological polar surface area (TPSA) is 89.6 Å². The molecule has 0 fully saturated rings. The second-order valence-electron chi connectivity index (χ2n) is 4.41. The fraction of sp³-hybridized carbons (Fsp3) is 0.385. The lowest BCUT2D eigenvalue weighted by molar-refractivity contribution is 0.300. The highest BCUT2D eigenvalue weighted by Gasteiger charge is 2.10. The number of thiazole rings is 1. The van der Waals surface area contributed by atoms with E-state index in [0.717, 1.165) is 14.5 Å². The first-order chi connectivity index (χ1) is 9.36. The molecule has 0 radical (unpaired) electrons. The summed E-state index contributed by atoms with van der Waals surface area (Å²) in [5, 5.41) is 9.04. The van der Waals surface area contributed by atoms with Crippen LogP contribution in [0.1, 0.15) is 17.5 Å². The Morgan fingerprint density at radius 3 is 2.70 bits per heavy atom. The molecular weight excluding hydrogens is 292 g/mol. The standard InChI is InChI=1S/C13H20N4OS2/c1-8(2)16-6-10(12(14)15)7-17-9(3)11(4-5-18)20-13(17)19/h6,18H,1,4-5,7,14-15H2,2-3H3/b16-6-. The van der Waals surface area contributed by atoms with Crippen LogP contribution in [0, 0.1) is 10.9 Å². The Balaban J connectivity index is 3.10. The highest BCUT2D eigenvalue weighted by Crippen LogP contribution is 2.20. The van der Waals surface area contributed by atoms with Crippen LogP contribution in [0.25, 0.3) is 0 Å². The fourth-order valence-corrected chi connectivity index (χ4v) is 3.08. The van der Waals surface area contributed by atoms with E-state index < -0.39 is 0 Å². The lowest BCUT2D eigenvalue weighted by Crippen LogP contribution is -2.17. The first kappa shape index (κ1) is 16.6. The number of nitrogens with two attached hydrogens (primary N) is 2. The van der Waals surface area contributed by atoms with Gasteiger partial charge in [-0.25, -0.2) is 0 Å². The normalized spacial score (nSPS) is 10.9. The van der Waals surface area contributed by atoms with Crippen LogP contribution in [-0.2, 0) is 13.0 Å². The van der Waals surface area contributed by atoms with Crippen LogP contribution in [0.2, 0.25) is 0 Å². The molecule has 0 unspecified atom stereocenters. The Labute approximate surface area is 127 Å². The minimum Gasteiger partial charge on any atom is -0.396 e. The summed E-state index contributed by atoms with van der Waals surface area (Å²) < 4.78 is 2.68. The highest BCUT2D eigenvalue weighted by molar-refractivity contribution is 7.73. The number of hydrogen-bond donors (Lipinski definition) is 3. The van der Waals surface area contributed by atoms with Crippen molar-refractivity contribution in [3.8, 4) is 0 Å². The summed E-state index contributed by atoms with van der Waals surface area (Å²) in [5.41, 5.74) is 13.8. The molecule has 0 spiro atoms. The number of aliphatic hydroxyl groups is 1. The van der Waals surface area contributed by atoms with E-state index in [-0.39, 0.29) is 12.4 Å². The van der Waals surface area contributed by atoms with Crippen molar-refractivity contribution in [2.24, 2.45) is 16.5 Å². The van der Waals surface area contributed by atoms with E-state index in [2.05, 4.69) is 11.6 Å². The minimum absolute atomic E-state index is 0.106. The van der Waals surface area contributed by atoms with E-state index in [1.165, 1.54) is 11.3 Å². The molecule has 0 atom stereocenters. The van der Waals surface area contributed by atoms with E-state index in [1.54, 1.807) is 13.1 Å². The monoisotopic (exact) mass is 312 g/mol. The number of aliphatic imine (C=N–C) groups is 1. The summed E-state index contributed by atoms with van der Waals surface area (Å²) >= 11 is 6.84. The molecule has 1 rings (SSSR count). The van der Waals surface area contributed by atoms with E-state index in [1.807, 2.05) is 11.5 Å². The maximum Gasteiger partial charge on any atom is 0.161 e. The molecule has 7 heteroatoms. The number of aliphatic hydroxyl groups excluding tert-OH is 1. The van der Waals surface area contributed by atoms with Crippen molar-refractivity contribution in [1.82, 2.24) is 4.57 Å². The molecule has 0 saturated heterocycles. The Kier molecular flexibility index (Phi) is 6.12. The molecule has 0 aromatic carbocycles. The minimum atomic E-state index is 0.106. The molecule has 0 saturated carbocycles. The average Bonchev–Trinajstić information content (AvgIpc) is 2.61. The molecule has 1 heterocycles. The number of aromatic nitrogens is 1. The lowest BCUT2D eigenvalue weighted by Gasteiger charge is -2.09. The van der Waals surface area contributed by atoms with E-state index in [0.29, 0.717) is 24.2 Å². The maximum absolute atomic E-state index is 9.04. The van der Waals surface area contributed by atoms with Crippen LogP contribution in [0.4, 0.5) is 0 Å². The average molecular weight is 312 g/mol. The third kappa shape index (κ3) is 4.29. The highest BCUT2D eigenvalue weighted by atomic mass is 32.1. The van der Waals surface area contributed by atoms with Crippen LogP contribution in [0.15, 0.2) is 28.7 Å². The van der Waals surface area contributed by atoms with E-state index in [4.69, 9.17) is 28.8 Å². The molecule has 5 N–H and O–H groups in total. The van der Waals surface area contributed by atoms with Gasteiger partial charge in [-0.1, -0.05) is 6.58 Å². The molecule has 20 heavy (non-hydrogen) atoms. The summed E-state index contributed by atoms with van der Waals surface area (Å²) in [6.07, 6.45) is 2.21. The zero-order valence-electron chi connectivity index (χ0n) is 11.7. The van der Waals surface area contributed by atoms with E-state index in [9.17, 15) is 0 Å². The van der Waals surface area contributed by atoms with Crippen molar-refractivity contribution < 1.29 is 5.11 Å². The van der Waals surface area contributed by atoms with Crippen molar-refractivity contribution in [2.75, 3.05) is 6.61 Å². The SMILES string of the molecule is C=C(C)/N=C\C(Cn1c(C)c(CCO)sc1=S)=C(N)N. The van der Waals surface area contributed by atoms with Gasteiger partial charge in [-0.3, -0.25) is 4.99 Å². The van der Waals surface area contributed by atoms with Gasteiger partial charge in [-0.15, -0.1) is 11.3 Å². The molecule has 0 aliphatic carbocycles. The predicted octanol–water partition coefficient (Wildman–Crippen LogP) is 1.86. The predicted molar refractivity (Wildman–Crippen MR) is 87.4 cm³/mol. The molecule has 1 aromatic heterocycles. The van der Waals surface area contributed by atoms with Gasteiger partial charge in [0.05, 0.1) is 6.54 Å². The zero-order valence-corrected chi connectivity index (χ0v) is 13.4. The first-order valence-electron chi connectivity index (χ1n) is 6.10. The van der Waals surface area contributed by atoms with Crippen molar-refractivity contribution in [2.45, 2.75) is 26.8 Å². The third-order valence-electron chi connectivity index (χ3n) is 2.72. The molecule has 1 aromatic rings. The first-order valence-corrected chi connectivity index (χ1v) is 7.33. The van der Waals surface area contributed by atoms with Crippen LogP contribution in [0.3, 0.4) is 0 Å². The van der Waals surface area contributed by atoms with Gasteiger partial charge < -0.3 is 21.1 Å². The Morgan fingerprint density at radius 2 is 2.20 bits per heavy atom. The van der Waals surface area contributed by atoms with Gasteiger partial charge in [-0.05, 0) is 26.1 Å². The number of nitrogens with zero attached hydrogens (tertiary/aromatic N) is 2. The Bertz CT molecular complexity index is 606. The lowest BCUT2D eigenvalue weighted by atomic mass is 10.2. The quantitative estimate of drug-likeness (QED) is 0.552. The molecule has 0 aliphatic rings. The zero-order chi connectivity index (χ0) is 15.3. The van der Waals surface area contributed by atoms with Crippen LogP contribution >= 0.6 is 23.6 Å². The molecule has 0 aliphatic heterocycles. The van der Waals surface area contributed by atoms with Crippen LogP contribution in [0.5, 0.6) is 0 Å². The van der Waals surface area contributed by atoms with Crippen LogP contribution in [-0.4, -0.2) is 22.5 Å². The summed E-state index contributed by atoms with van der Waals surface area (Å²) in [6.45, 7) is 8.03. The third-order valence-corrected chi connectivity index (χ3v) is 4.33. The number of rotatable bonds is 6. The molecule has 0 amide bonds. The molecule has 0 bridgehead atoms. The van der Waals surface area contributed by atoms with Crippen molar-refractivity contribution >= 4 is 29.8 Å². The van der Waals surface area contributed by atoms with Crippen molar-refractivity contribution in [1.29, 1.82) is 0 Å². The molecule has 5 nitrogen and oxygen atoms in total. The molecular formula is C13H20N4OS2. The summed E-state index contributed by atoms with van der Waals surface area (Å²) in [7, 11) is 0. The van der Waals surface area contributed by atoms with Gasteiger partial charge in [0, 0.05) is 41.1 Å². The van der Waals surface area contributed by atoms with E-state index >= 15 is 0 Å². The van der Waals surface area contributed by atoms with Gasteiger partial charge in [0.1, 0.15) is 5.82 Å². The van der Waals surface area contributed by atoms with Crippen molar-refractivity contribution in [3.63, 3.8) is 0 Å².